The van der Waals surface area contributed by atoms with Crippen LogP contribution in [-0.2, 0) is 6.42 Å². The number of pyridine rings is 1. The molecular weight excluding hydrogens is 253 g/mol. The fourth-order valence-electron chi connectivity index (χ4n) is 1.88. The molecule has 94 valence electrons. The van der Waals surface area contributed by atoms with Gasteiger partial charge in [-0.3, -0.25) is 4.98 Å². The van der Waals surface area contributed by atoms with Gasteiger partial charge in [-0.05, 0) is 35.7 Å². The minimum absolute atomic E-state index is 0.0725. The fraction of sp³-hybridized carbons (Fsp3) is 0.214. The van der Waals surface area contributed by atoms with Crippen LogP contribution in [-0.4, -0.2) is 10.1 Å². The molecule has 0 amide bonds. The van der Waals surface area contributed by atoms with Crippen molar-refractivity contribution in [2.24, 2.45) is 0 Å². The first kappa shape index (κ1) is 13.0. The number of hydrogen-bond donors (Lipinski definition) is 1. The van der Waals surface area contributed by atoms with Gasteiger partial charge in [0.1, 0.15) is 5.82 Å². The molecule has 0 bridgehead atoms. The van der Waals surface area contributed by atoms with Gasteiger partial charge < -0.3 is 5.11 Å². The minimum atomic E-state index is -0.715. The summed E-state index contributed by atoms with van der Waals surface area (Å²) in [4.78, 5) is 3.97. The van der Waals surface area contributed by atoms with Gasteiger partial charge in [-0.15, -0.1) is 0 Å². The van der Waals surface area contributed by atoms with Crippen molar-refractivity contribution in [3.63, 3.8) is 0 Å². The van der Waals surface area contributed by atoms with E-state index in [4.69, 9.17) is 11.6 Å². The topological polar surface area (TPSA) is 33.1 Å². The monoisotopic (exact) mass is 265 g/mol. The van der Waals surface area contributed by atoms with Crippen molar-refractivity contribution >= 4 is 11.6 Å². The predicted octanol–water partition coefficient (Wildman–Crippen LogP) is 3.46. The van der Waals surface area contributed by atoms with Gasteiger partial charge in [-0.1, -0.05) is 23.7 Å². The maximum atomic E-state index is 13.3. The van der Waals surface area contributed by atoms with Crippen molar-refractivity contribution in [1.82, 2.24) is 4.98 Å². The van der Waals surface area contributed by atoms with Crippen LogP contribution in [0.3, 0.4) is 0 Å². The zero-order valence-electron chi connectivity index (χ0n) is 9.90. The van der Waals surface area contributed by atoms with Gasteiger partial charge in [-0.25, -0.2) is 4.39 Å². The van der Waals surface area contributed by atoms with Crippen LogP contribution in [0.1, 0.15) is 22.8 Å². The normalized spacial score (nSPS) is 12.4. The number of nitrogens with zero attached hydrogens (tertiary/aromatic N) is 1. The molecule has 1 atom stereocenters. The van der Waals surface area contributed by atoms with E-state index in [2.05, 4.69) is 4.98 Å². The molecule has 0 saturated heterocycles. The lowest BCUT2D eigenvalue weighted by atomic mass is 9.99. The highest BCUT2D eigenvalue weighted by Gasteiger charge is 2.14. The van der Waals surface area contributed by atoms with Crippen molar-refractivity contribution in [3.05, 3.63) is 64.2 Å². The highest BCUT2D eigenvalue weighted by molar-refractivity contribution is 6.31. The molecule has 2 nitrogen and oxygen atoms in total. The molecular formula is C14H13ClFNO. The summed E-state index contributed by atoms with van der Waals surface area (Å²) in [5, 5.41) is 10.2. The molecule has 0 spiro atoms. The first-order chi connectivity index (χ1) is 8.59. The fourth-order valence-corrected chi connectivity index (χ4v) is 2.09. The lowest BCUT2D eigenvalue weighted by Crippen LogP contribution is -2.05. The number of halogens is 2. The number of benzene rings is 1. The van der Waals surface area contributed by atoms with E-state index < -0.39 is 11.9 Å². The molecule has 4 heteroatoms. The molecule has 1 aromatic heterocycles. The molecule has 1 N–H and O–H groups in total. The van der Waals surface area contributed by atoms with E-state index >= 15 is 0 Å². The summed E-state index contributed by atoms with van der Waals surface area (Å²) in [6.45, 7) is 1.87. The Balaban J connectivity index is 2.24. The van der Waals surface area contributed by atoms with Crippen LogP contribution in [0.2, 0.25) is 5.02 Å². The Morgan fingerprint density at radius 1 is 1.39 bits per heavy atom. The molecule has 0 aliphatic carbocycles. The van der Waals surface area contributed by atoms with E-state index in [-0.39, 0.29) is 11.4 Å². The zero-order chi connectivity index (χ0) is 13.1. The second kappa shape index (κ2) is 5.46. The average molecular weight is 266 g/mol. The quantitative estimate of drug-likeness (QED) is 0.922. The van der Waals surface area contributed by atoms with Crippen molar-refractivity contribution in [3.8, 4) is 0 Å². The molecule has 0 aliphatic rings. The SMILES string of the molecule is Cc1cnccc1C(O)Cc1cccc(F)c1Cl. The van der Waals surface area contributed by atoms with Gasteiger partial charge in [0.15, 0.2) is 0 Å². The Hall–Kier alpha value is -1.45. The predicted molar refractivity (Wildman–Crippen MR) is 69.0 cm³/mol. The Labute approximate surface area is 110 Å². The molecule has 2 rings (SSSR count). The standard InChI is InChI=1S/C14H13ClFNO/c1-9-8-17-6-5-11(9)13(18)7-10-3-2-4-12(16)14(10)15/h2-6,8,13,18H,7H2,1H3. The number of rotatable bonds is 3. The molecule has 1 aromatic carbocycles. The molecule has 18 heavy (non-hydrogen) atoms. The van der Waals surface area contributed by atoms with Crippen molar-refractivity contribution < 1.29 is 9.50 Å². The summed E-state index contributed by atoms with van der Waals surface area (Å²) in [5.41, 5.74) is 2.28. The van der Waals surface area contributed by atoms with Crippen molar-refractivity contribution in [2.75, 3.05) is 0 Å². The van der Waals surface area contributed by atoms with Gasteiger partial charge in [0, 0.05) is 18.8 Å². The molecule has 0 saturated carbocycles. The third-order valence-corrected chi connectivity index (χ3v) is 3.29. The summed E-state index contributed by atoms with van der Waals surface area (Å²) in [6.07, 6.45) is 2.87. The molecule has 2 aromatic rings. The molecule has 0 fully saturated rings. The lowest BCUT2D eigenvalue weighted by molar-refractivity contribution is 0.177. The maximum absolute atomic E-state index is 13.3. The molecule has 1 unspecified atom stereocenters. The van der Waals surface area contributed by atoms with Crippen molar-refractivity contribution in [1.29, 1.82) is 0 Å². The van der Waals surface area contributed by atoms with Crippen LogP contribution in [0.4, 0.5) is 4.39 Å². The third kappa shape index (κ3) is 2.68. The van der Waals surface area contributed by atoms with E-state index in [1.54, 1.807) is 30.6 Å². The summed E-state index contributed by atoms with van der Waals surface area (Å²) >= 11 is 5.87. The third-order valence-electron chi connectivity index (χ3n) is 2.87. The van der Waals surface area contributed by atoms with E-state index in [1.165, 1.54) is 6.07 Å². The van der Waals surface area contributed by atoms with Gasteiger partial charge in [-0.2, -0.15) is 0 Å². The molecule has 0 aliphatic heterocycles. The van der Waals surface area contributed by atoms with Gasteiger partial charge in [0.25, 0.3) is 0 Å². The van der Waals surface area contributed by atoms with Crippen LogP contribution in [0.25, 0.3) is 0 Å². The summed E-state index contributed by atoms with van der Waals surface area (Å²) in [5.74, 6) is -0.465. The Morgan fingerprint density at radius 3 is 2.89 bits per heavy atom. The first-order valence-corrected chi connectivity index (χ1v) is 5.99. The average Bonchev–Trinajstić information content (AvgIpc) is 2.35. The Morgan fingerprint density at radius 2 is 2.17 bits per heavy atom. The van der Waals surface area contributed by atoms with Crippen LogP contribution >= 0.6 is 11.6 Å². The second-order valence-electron chi connectivity index (χ2n) is 4.17. The van der Waals surface area contributed by atoms with E-state index in [0.717, 1.165) is 11.1 Å². The number of aryl methyl sites for hydroxylation is 1. The first-order valence-electron chi connectivity index (χ1n) is 5.61. The van der Waals surface area contributed by atoms with Crippen LogP contribution in [0.5, 0.6) is 0 Å². The van der Waals surface area contributed by atoms with E-state index in [0.29, 0.717) is 5.56 Å². The number of aromatic nitrogens is 1. The highest BCUT2D eigenvalue weighted by Crippen LogP contribution is 2.26. The Kier molecular flexibility index (Phi) is 3.94. The second-order valence-corrected chi connectivity index (χ2v) is 4.54. The largest absolute Gasteiger partial charge is 0.388 e. The summed E-state index contributed by atoms with van der Waals surface area (Å²) in [7, 11) is 0. The van der Waals surface area contributed by atoms with Crippen LogP contribution < -0.4 is 0 Å². The van der Waals surface area contributed by atoms with Gasteiger partial charge in [0.05, 0.1) is 11.1 Å². The molecule has 1 heterocycles. The maximum Gasteiger partial charge on any atom is 0.142 e. The van der Waals surface area contributed by atoms with E-state index in [9.17, 15) is 9.50 Å². The summed E-state index contributed by atoms with van der Waals surface area (Å²) < 4.78 is 13.3. The van der Waals surface area contributed by atoms with E-state index in [1.807, 2.05) is 6.92 Å². The van der Waals surface area contributed by atoms with Gasteiger partial charge >= 0.3 is 0 Å². The number of hydrogen-bond acceptors (Lipinski definition) is 2. The lowest BCUT2D eigenvalue weighted by Gasteiger charge is -2.14. The highest BCUT2D eigenvalue weighted by atomic mass is 35.5. The van der Waals surface area contributed by atoms with Crippen molar-refractivity contribution in [2.45, 2.75) is 19.4 Å². The molecule has 0 radical (unpaired) electrons. The van der Waals surface area contributed by atoms with Crippen LogP contribution in [0.15, 0.2) is 36.7 Å². The zero-order valence-corrected chi connectivity index (χ0v) is 10.7. The number of aliphatic hydroxyl groups excluding tert-OH is 1. The van der Waals surface area contributed by atoms with Gasteiger partial charge in [0.2, 0.25) is 0 Å². The number of aliphatic hydroxyl groups is 1. The minimum Gasteiger partial charge on any atom is -0.388 e. The van der Waals surface area contributed by atoms with Crippen LogP contribution in [0, 0.1) is 12.7 Å². The Bertz CT molecular complexity index is 559. The smallest absolute Gasteiger partial charge is 0.142 e. The summed E-state index contributed by atoms with van der Waals surface area (Å²) in [6, 6.07) is 6.36.